The highest BCUT2D eigenvalue weighted by molar-refractivity contribution is 5.78. The molecule has 0 saturated heterocycles. The molecule has 0 spiro atoms. The third-order valence-corrected chi connectivity index (χ3v) is 2.40. The van der Waals surface area contributed by atoms with E-state index < -0.39 is 0 Å². The standard InChI is InChI=1S/C10H22N2O2/c1-3-8(7-11)10(14)12-6-5-9(13)4-2/h8-9,13H,3-7,11H2,1-2H3,(H,12,14). The van der Waals surface area contributed by atoms with Gasteiger partial charge in [0.15, 0.2) is 0 Å². The minimum absolute atomic E-state index is 0.00157. The summed E-state index contributed by atoms with van der Waals surface area (Å²) in [5.74, 6) is -0.0907. The Hall–Kier alpha value is -0.610. The van der Waals surface area contributed by atoms with Crippen molar-refractivity contribution in [3.63, 3.8) is 0 Å². The number of aliphatic hydroxyl groups is 1. The van der Waals surface area contributed by atoms with Crippen molar-refractivity contribution in [1.82, 2.24) is 5.32 Å². The Morgan fingerprint density at radius 1 is 1.43 bits per heavy atom. The van der Waals surface area contributed by atoms with Crippen molar-refractivity contribution in [2.45, 2.75) is 39.2 Å². The molecule has 0 fully saturated rings. The molecule has 0 rings (SSSR count). The van der Waals surface area contributed by atoms with E-state index in [2.05, 4.69) is 5.32 Å². The smallest absolute Gasteiger partial charge is 0.224 e. The quantitative estimate of drug-likeness (QED) is 0.554. The van der Waals surface area contributed by atoms with E-state index in [1.807, 2.05) is 13.8 Å². The lowest BCUT2D eigenvalue weighted by Gasteiger charge is -2.13. The first-order valence-corrected chi connectivity index (χ1v) is 5.31. The van der Waals surface area contributed by atoms with Crippen LogP contribution in [0.25, 0.3) is 0 Å². The van der Waals surface area contributed by atoms with E-state index in [1.165, 1.54) is 0 Å². The minimum atomic E-state index is -0.312. The fourth-order valence-corrected chi connectivity index (χ4v) is 1.17. The number of nitrogens with one attached hydrogen (secondary N) is 1. The molecule has 0 saturated carbocycles. The molecule has 2 unspecified atom stereocenters. The second-order valence-electron chi connectivity index (χ2n) is 3.48. The number of carbonyl (C=O) groups is 1. The molecular weight excluding hydrogens is 180 g/mol. The van der Waals surface area contributed by atoms with Crippen molar-refractivity contribution >= 4 is 5.91 Å². The van der Waals surface area contributed by atoms with Crippen LogP contribution in [-0.2, 0) is 4.79 Å². The van der Waals surface area contributed by atoms with Crippen LogP contribution < -0.4 is 11.1 Å². The third-order valence-electron chi connectivity index (χ3n) is 2.40. The summed E-state index contributed by atoms with van der Waals surface area (Å²) in [7, 11) is 0. The van der Waals surface area contributed by atoms with Crippen molar-refractivity contribution in [1.29, 1.82) is 0 Å². The van der Waals surface area contributed by atoms with Gasteiger partial charge in [-0.05, 0) is 19.3 Å². The Labute approximate surface area is 85.9 Å². The average Bonchev–Trinajstić information content (AvgIpc) is 2.19. The molecule has 84 valence electrons. The Morgan fingerprint density at radius 2 is 2.07 bits per heavy atom. The molecule has 14 heavy (non-hydrogen) atoms. The number of nitrogens with two attached hydrogens (primary N) is 1. The second-order valence-corrected chi connectivity index (χ2v) is 3.48. The molecule has 0 aromatic rings. The largest absolute Gasteiger partial charge is 0.393 e. The number of hydrogen-bond acceptors (Lipinski definition) is 3. The maximum absolute atomic E-state index is 11.4. The summed E-state index contributed by atoms with van der Waals surface area (Å²) in [6.45, 7) is 4.78. The molecule has 0 radical (unpaired) electrons. The maximum atomic E-state index is 11.4. The number of aliphatic hydroxyl groups excluding tert-OH is 1. The van der Waals surface area contributed by atoms with Gasteiger partial charge in [0.2, 0.25) is 5.91 Å². The monoisotopic (exact) mass is 202 g/mol. The van der Waals surface area contributed by atoms with Crippen molar-refractivity contribution < 1.29 is 9.90 Å². The lowest BCUT2D eigenvalue weighted by molar-refractivity contribution is -0.124. The van der Waals surface area contributed by atoms with Crippen LogP contribution in [0.4, 0.5) is 0 Å². The van der Waals surface area contributed by atoms with E-state index >= 15 is 0 Å². The first kappa shape index (κ1) is 13.4. The highest BCUT2D eigenvalue weighted by atomic mass is 16.3. The summed E-state index contributed by atoms with van der Waals surface area (Å²) < 4.78 is 0. The van der Waals surface area contributed by atoms with Gasteiger partial charge in [0.05, 0.1) is 6.10 Å². The fraction of sp³-hybridized carbons (Fsp3) is 0.900. The lowest BCUT2D eigenvalue weighted by Crippen LogP contribution is -2.36. The van der Waals surface area contributed by atoms with Gasteiger partial charge < -0.3 is 16.2 Å². The van der Waals surface area contributed by atoms with E-state index in [9.17, 15) is 9.90 Å². The second kappa shape index (κ2) is 7.76. The average molecular weight is 202 g/mol. The number of hydrogen-bond donors (Lipinski definition) is 3. The maximum Gasteiger partial charge on any atom is 0.224 e. The predicted molar refractivity (Wildman–Crippen MR) is 56.8 cm³/mol. The lowest BCUT2D eigenvalue weighted by atomic mass is 10.1. The molecule has 0 aliphatic heterocycles. The highest BCUT2D eigenvalue weighted by Crippen LogP contribution is 2.00. The first-order chi connectivity index (χ1) is 6.65. The van der Waals surface area contributed by atoms with Crippen LogP contribution in [0.5, 0.6) is 0 Å². The number of carbonyl (C=O) groups excluding carboxylic acids is 1. The molecule has 0 aromatic carbocycles. The third kappa shape index (κ3) is 5.19. The van der Waals surface area contributed by atoms with Crippen molar-refractivity contribution in [2.75, 3.05) is 13.1 Å². The SMILES string of the molecule is CCC(O)CCNC(=O)C(CC)CN. The van der Waals surface area contributed by atoms with Gasteiger partial charge in [0.25, 0.3) is 0 Å². The Bertz CT molecular complexity index is 158. The Kier molecular flexibility index (Phi) is 7.42. The van der Waals surface area contributed by atoms with Gasteiger partial charge in [-0.1, -0.05) is 13.8 Å². The summed E-state index contributed by atoms with van der Waals surface area (Å²) in [5.41, 5.74) is 5.43. The topological polar surface area (TPSA) is 75.3 Å². The molecule has 0 aromatic heterocycles. The van der Waals surface area contributed by atoms with E-state index in [0.29, 0.717) is 19.5 Å². The molecular formula is C10H22N2O2. The molecule has 0 bridgehead atoms. The molecule has 4 heteroatoms. The normalized spacial score (nSPS) is 14.9. The van der Waals surface area contributed by atoms with Crippen LogP contribution in [0, 0.1) is 5.92 Å². The molecule has 4 nitrogen and oxygen atoms in total. The van der Waals surface area contributed by atoms with Crippen molar-refractivity contribution in [3.8, 4) is 0 Å². The molecule has 1 amide bonds. The minimum Gasteiger partial charge on any atom is -0.393 e. The summed E-state index contributed by atoms with van der Waals surface area (Å²) in [5, 5.41) is 12.0. The zero-order valence-corrected chi connectivity index (χ0v) is 9.12. The molecule has 2 atom stereocenters. The van der Waals surface area contributed by atoms with E-state index in [-0.39, 0.29) is 17.9 Å². The van der Waals surface area contributed by atoms with Crippen LogP contribution in [0.1, 0.15) is 33.1 Å². The highest BCUT2D eigenvalue weighted by Gasteiger charge is 2.13. The predicted octanol–water partition coefficient (Wildman–Crippen LogP) is 0.249. The van der Waals surface area contributed by atoms with Gasteiger partial charge in [0.1, 0.15) is 0 Å². The van der Waals surface area contributed by atoms with E-state index in [4.69, 9.17) is 5.73 Å². The Morgan fingerprint density at radius 3 is 2.50 bits per heavy atom. The summed E-state index contributed by atoms with van der Waals surface area (Å²) in [4.78, 5) is 11.4. The van der Waals surface area contributed by atoms with Crippen LogP contribution in [-0.4, -0.2) is 30.2 Å². The molecule has 4 N–H and O–H groups in total. The van der Waals surface area contributed by atoms with Gasteiger partial charge in [-0.2, -0.15) is 0 Å². The van der Waals surface area contributed by atoms with Crippen LogP contribution >= 0.6 is 0 Å². The first-order valence-electron chi connectivity index (χ1n) is 5.31. The van der Waals surface area contributed by atoms with E-state index in [1.54, 1.807) is 0 Å². The van der Waals surface area contributed by atoms with Crippen molar-refractivity contribution in [2.24, 2.45) is 11.7 Å². The zero-order valence-electron chi connectivity index (χ0n) is 9.12. The van der Waals surface area contributed by atoms with Gasteiger partial charge in [-0.3, -0.25) is 4.79 Å². The number of rotatable bonds is 7. The Balaban J connectivity index is 3.62. The van der Waals surface area contributed by atoms with Crippen LogP contribution in [0.2, 0.25) is 0 Å². The van der Waals surface area contributed by atoms with E-state index in [0.717, 1.165) is 12.8 Å². The number of amides is 1. The van der Waals surface area contributed by atoms with Crippen LogP contribution in [0.3, 0.4) is 0 Å². The van der Waals surface area contributed by atoms with Gasteiger partial charge in [-0.15, -0.1) is 0 Å². The van der Waals surface area contributed by atoms with Gasteiger partial charge in [0, 0.05) is 19.0 Å². The van der Waals surface area contributed by atoms with Crippen molar-refractivity contribution in [3.05, 3.63) is 0 Å². The summed E-state index contributed by atoms with van der Waals surface area (Å²) in [6, 6.07) is 0. The summed E-state index contributed by atoms with van der Waals surface area (Å²) >= 11 is 0. The zero-order chi connectivity index (χ0) is 11.0. The fourth-order valence-electron chi connectivity index (χ4n) is 1.17. The van der Waals surface area contributed by atoms with Gasteiger partial charge in [-0.25, -0.2) is 0 Å². The molecule has 0 aliphatic rings. The summed E-state index contributed by atoms with van der Waals surface area (Å²) in [6.07, 6.45) is 1.79. The van der Waals surface area contributed by atoms with Gasteiger partial charge >= 0.3 is 0 Å². The van der Waals surface area contributed by atoms with Crippen LogP contribution in [0.15, 0.2) is 0 Å². The molecule has 0 heterocycles. The molecule has 0 aliphatic carbocycles.